The third kappa shape index (κ3) is 4.01. The van der Waals surface area contributed by atoms with Gasteiger partial charge < -0.3 is 25.5 Å². The highest BCUT2D eigenvalue weighted by Gasteiger charge is 2.17. The number of pyridine rings is 1. The summed E-state index contributed by atoms with van der Waals surface area (Å²) in [6.07, 6.45) is 9.93. The van der Waals surface area contributed by atoms with Gasteiger partial charge in [-0.1, -0.05) is 0 Å². The summed E-state index contributed by atoms with van der Waals surface area (Å²) in [6, 6.07) is 4.58. The number of anilines is 2. The fourth-order valence-electron chi connectivity index (χ4n) is 3.20. The third-order valence-corrected chi connectivity index (χ3v) is 4.68. The van der Waals surface area contributed by atoms with Crippen LogP contribution in [0.25, 0.3) is 16.6 Å². The van der Waals surface area contributed by atoms with Crippen molar-refractivity contribution in [3.05, 3.63) is 53.9 Å². The lowest BCUT2D eigenvalue weighted by atomic mass is 10.1. The van der Waals surface area contributed by atoms with E-state index in [9.17, 15) is 9.18 Å². The summed E-state index contributed by atoms with van der Waals surface area (Å²) in [5.41, 5.74) is 7.79. The number of benzene rings is 1. The Balaban J connectivity index is 1.72. The van der Waals surface area contributed by atoms with Crippen molar-refractivity contribution in [2.75, 3.05) is 24.3 Å². The molecule has 0 spiro atoms. The molecular formula is C22H20FN7O2. The number of hydrogen-bond donors (Lipinski definition) is 3. The Morgan fingerprint density at radius 1 is 1.38 bits per heavy atom. The number of aromatic nitrogens is 4. The summed E-state index contributed by atoms with van der Waals surface area (Å²) in [4.78, 5) is 25.6. The number of terminal acetylenes is 1. The summed E-state index contributed by atoms with van der Waals surface area (Å²) in [7, 11) is 1.44. The summed E-state index contributed by atoms with van der Waals surface area (Å²) >= 11 is 0. The van der Waals surface area contributed by atoms with Crippen molar-refractivity contribution in [1.82, 2.24) is 19.4 Å². The summed E-state index contributed by atoms with van der Waals surface area (Å²) in [5, 5.41) is 6.54. The Hall–Kier alpha value is -4.23. The van der Waals surface area contributed by atoms with Crippen LogP contribution in [0, 0.1) is 18.2 Å². The number of rotatable bonds is 6. The number of nitrogens with zero attached hydrogens (tertiary/aromatic N) is 4. The molecule has 9 nitrogen and oxygen atoms in total. The Morgan fingerprint density at radius 3 is 2.91 bits per heavy atom. The lowest BCUT2D eigenvalue weighted by Crippen LogP contribution is -2.25. The molecule has 0 saturated heterocycles. The van der Waals surface area contributed by atoms with Gasteiger partial charge in [-0.3, -0.25) is 4.79 Å². The number of carbonyl (C=O) groups excluding carboxylic acids is 1. The second kappa shape index (κ2) is 8.49. The van der Waals surface area contributed by atoms with Gasteiger partial charge in [-0.25, -0.2) is 14.4 Å². The molecular weight excluding hydrogens is 413 g/mol. The predicted molar refractivity (Wildman–Crippen MR) is 119 cm³/mol. The number of ether oxygens (including phenoxy) is 1. The molecule has 3 aromatic heterocycles. The van der Waals surface area contributed by atoms with Crippen molar-refractivity contribution in [2.45, 2.75) is 13.0 Å². The van der Waals surface area contributed by atoms with E-state index in [2.05, 4.69) is 31.5 Å². The van der Waals surface area contributed by atoms with E-state index in [1.165, 1.54) is 30.0 Å². The van der Waals surface area contributed by atoms with E-state index in [0.29, 0.717) is 17.4 Å². The number of halogens is 1. The molecule has 0 aliphatic carbocycles. The topological polar surface area (TPSA) is 119 Å². The SMILES string of the molecule is C#Cc1cn2cc(NC(=O)c3ccc(NC[C@@H](C)N)c4cnc(OC)nc34)cc(F)c2n1. The second-order valence-corrected chi connectivity index (χ2v) is 7.17. The molecule has 3 heterocycles. The minimum Gasteiger partial charge on any atom is -0.467 e. The minimum atomic E-state index is -0.617. The van der Waals surface area contributed by atoms with Crippen molar-refractivity contribution in [1.29, 1.82) is 0 Å². The van der Waals surface area contributed by atoms with Crippen LogP contribution in [0.4, 0.5) is 15.8 Å². The van der Waals surface area contributed by atoms with Crippen LogP contribution in [0.1, 0.15) is 23.0 Å². The highest BCUT2D eigenvalue weighted by molar-refractivity contribution is 6.13. The highest BCUT2D eigenvalue weighted by Crippen LogP contribution is 2.27. The lowest BCUT2D eigenvalue weighted by molar-refractivity contribution is 0.102. The number of methoxy groups -OCH3 is 1. The lowest BCUT2D eigenvalue weighted by Gasteiger charge is -2.14. The normalized spacial score (nSPS) is 11.8. The third-order valence-electron chi connectivity index (χ3n) is 4.68. The first kappa shape index (κ1) is 21.0. The Morgan fingerprint density at radius 2 is 2.19 bits per heavy atom. The van der Waals surface area contributed by atoms with Crippen LogP contribution in [0.15, 0.2) is 36.8 Å². The average molecular weight is 433 g/mol. The van der Waals surface area contributed by atoms with Gasteiger partial charge in [0.2, 0.25) is 0 Å². The van der Waals surface area contributed by atoms with Crippen molar-refractivity contribution in [3.63, 3.8) is 0 Å². The van der Waals surface area contributed by atoms with Crippen LogP contribution in [0.5, 0.6) is 6.01 Å². The number of fused-ring (bicyclic) bond motifs is 2. The van der Waals surface area contributed by atoms with Crippen LogP contribution < -0.4 is 21.1 Å². The summed E-state index contributed by atoms with van der Waals surface area (Å²) < 4.78 is 21.0. The highest BCUT2D eigenvalue weighted by atomic mass is 19.1. The van der Waals surface area contributed by atoms with Crippen molar-refractivity contribution in [3.8, 4) is 18.4 Å². The summed E-state index contributed by atoms with van der Waals surface area (Å²) in [6.45, 7) is 2.40. The Bertz CT molecular complexity index is 1370. The molecule has 1 amide bonds. The largest absolute Gasteiger partial charge is 0.467 e. The van der Waals surface area contributed by atoms with Gasteiger partial charge in [-0.2, -0.15) is 4.98 Å². The van der Waals surface area contributed by atoms with Gasteiger partial charge in [0.15, 0.2) is 11.5 Å². The molecule has 0 aliphatic rings. The molecule has 1 atom stereocenters. The number of hydrogen-bond acceptors (Lipinski definition) is 7. The smallest absolute Gasteiger partial charge is 0.316 e. The van der Waals surface area contributed by atoms with Gasteiger partial charge in [0.05, 0.1) is 23.9 Å². The van der Waals surface area contributed by atoms with Gasteiger partial charge in [0.1, 0.15) is 5.69 Å². The molecule has 0 saturated carbocycles. The molecule has 4 rings (SSSR count). The molecule has 1 aromatic carbocycles. The van der Waals surface area contributed by atoms with Gasteiger partial charge >= 0.3 is 6.01 Å². The van der Waals surface area contributed by atoms with Gasteiger partial charge in [0.25, 0.3) is 5.91 Å². The molecule has 0 unspecified atom stereocenters. The predicted octanol–water partition coefficient (Wildman–Crippen LogP) is 2.42. The Kier molecular flexibility index (Phi) is 5.57. The first-order chi connectivity index (χ1) is 15.4. The van der Waals surface area contributed by atoms with Gasteiger partial charge in [-0.05, 0) is 25.0 Å². The van der Waals surface area contributed by atoms with E-state index >= 15 is 0 Å². The zero-order valence-corrected chi connectivity index (χ0v) is 17.4. The van der Waals surface area contributed by atoms with Crippen LogP contribution in [0.2, 0.25) is 0 Å². The number of nitrogens with two attached hydrogens (primary N) is 1. The van der Waals surface area contributed by atoms with E-state index in [-0.39, 0.29) is 34.6 Å². The number of amides is 1. The standard InChI is InChI=1S/C22H20FN7O2/c1-4-13-10-30-11-14(7-17(23)20(30)27-13)28-21(31)15-5-6-18(25-8-12(2)24)16-9-26-22(32-3)29-19(15)16/h1,5-7,9-12,25H,8,24H2,2-3H3,(H,28,31)/t12-/m1/s1. The summed E-state index contributed by atoms with van der Waals surface area (Å²) in [5.74, 6) is 1.26. The second-order valence-electron chi connectivity index (χ2n) is 7.17. The maximum Gasteiger partial charge on any atom is 0.316 e. The first-order valence-corrected chi connectivity index (χ1v) is 9.69. The quantitative estimate of drug-likeness (QED) is 0.400. The van der Waals surface area contributed by atoms with E-state index in [1.54, 1.807) is 18.3 Å². The molecule has 162 valence electrons. The van der Waals surface area contributed by atoms with Gasteiger partial charge in [-0.15, -0.1) is 6.42 Å². The zero-order valence-electron chi connectivity index (χ0n) is 17.4. The van der Waals surface area contributed by atoms with Crippen molar-refractivity contribution in [2.24, 2.45) is 5.73 Å². The van der Waals surface area contributed by atoms with E-state index in [0.717, 1.165) is 5.69 Å². The van der Waals surface area contributed by atoms with Gasteiger partial charge in [0, 0.05) is 48.3 Å². The molecule has 4 N–H and O–H groups in total. The molecule has 0 fully saturated rings. The van der Waals surface area contributed by atoms with E-state index in [4.69, 9.17) is 16.9 Å². The van der Waals surface area contributed by atoms with Crippen molar-refractivity contribution < 1.29 is 13.9 Å². The van der Waals surface area contributed by atoms with Crippen molar-refractivity contribution >= 4 is 33.8 Å². The molecule has 0 radical (unpaired) electrons. The number of nitrogens with one attached hydrogen (secondary N) is 2. The fourth-order valence-corrected chi connectivity index (χ4v) is 3.20. The molecule has 10 heteroatoms. The maximum absolute atomic E-state index is 14.4. The zero-order chi connectivity index (χ0) is 22.8. The first-order valence-electron chi connectivity index (χ1n) is 9.69. The Labute approximate surface area is 182 Å². The van der Waals surface area contributed by atoms with Crippen LogP contribution in [-0.4, -0.2) is 45.0 Å². The maximum atomic E-state index is 14.4. The number of carbonyl (C=O) groups is 1. The van der Waals surface area contributed by atoms with Crippen LogP contribution >= 0.6 is 0 Å². The van der Waals surface area contributed by atoms with E-state index < -0.39 is 11.7 Å². The van der Waals surface area contributed by atoms with Crippen LogP contribution in [-0.2, 0) is 0 Å². The molecule has 0 aliphatic heterocycles. The monoisotopic (exact) mass is 433 g/mol. The average Bonchev–Trinajstić information content (AvgIpc) is 3.20. The fraction of sp³-hybridized carbons (Fsp3) is 0.182. The molecule has 4 aromatic rings. The number of imidazole rings is 1. The molecule has 32 heavy (non-hydrogen) atoms. The van der Waals surface area contributed by atoms with Crippen LogP contribution in [0.3, 0.4) is 0 Å². The van der Waals surface area contributed by atoms with E-state index in [1.807, 2.05) is 6.92 Å². The molecule has 0 bridgehead atoms. The minimum absolute atomic E-state index is 0.0726.